The molecule has 2 rings (SSSR count). The van der Waals surface area contributed by atoms with Crippen molar-refractivity contribution in [2.75, 3.05) is 25.5 Å². The minimum Gasteiger partial charge on any atom is -0.497 e. The van der Waals surface area contributed by atoms with E-state index in [1.807, 2.05) is 12.1 Å². The van der Waals surface area contributed by atoms with Gasteiger partial charge in [0.2, 0.25) is 0 Å². The molecule has 0 heterocycles. The molecule has 0 radical (unpaired) electrons. The number of carbonyl (C=O) groups excluding carboxylic acids is 2. The first-order chi connectivity index (χ1) is 11.6. The SMILES string of the molecule is COc1ccc(C(=O)NCCNC(=O)Nc2cccc(Br)c2)cc1. The fourth-order valence-electron chi connectivity index (χ4n) is 1.94. The summed E-state index contributed by atoms with van der Waals surface area (Å²) < 4.78 is 5.92. The van der Waals surface area contributed by atoms with Gasteiger partial charge in [0.05, 0.1) is 7.11 Å². The first kappa shape index (κ1) is 17.8. The van der Waals surface area contributed by atoms with Crippen LogP contribution >= 0.6 is 15.9 Å². The Bertz CT molecular complexity index is 704. The van der Waals surface area contributed by atoms with E-state index in [-0.39, 0.29) is 11.9 Å². The largest absolute Gasteiger partial charge is 0.497 e. The van der Waals surface area contributed by atoms with Crippen molar-refractivity contribution >= 4 is 33.6 Å². The van der Waals surface area contributed by atoms with E-state index >= 15 is 0 Å². The number of halogens is 1. The van der Waals surface area contributed by atoms with Crippen molar-refractivity contribution in [3.05, 3.63) is 58.6 Å². The average Bonchev–Trinajstić information content (AvgIpc) is 2.58. The van der Waals surface area contributed by atoms with Crippen molar-refractivity contribution in [2.24, 2.45) is 0 Å². The topological polar surface area (TPSA) is 79.5 Å². The third-order valence-corrected chi connectivity index (χ3v) is 3.62. The number of ether oxygens (including phenoxy) is 1. The maximum absolute atomic E-state index is 11.9. The monoisotopic (exact) mass is 391 g/mol. The third kappa shape index (κ3) is 5.58. The number of benzene rings is 2. The number of hydrogen-bond acceptors (Lipinski definition) is 3. The molecule has 2 aromatic rings. The molecule has 0 aliphatic carbocycles. The molecule has 126 valence electrons. The predicted octanol–water partition coefficient (Wildman–Crippen LogP) is 3.01. The molecule has 0 aliphatic rings. The second-order valence-electron chi connectivity index (χ2n) is 4.88. The minimum atomic E-state index is -0.327. The Hall–Kier alpha value is -2.54. The van der Waals surface area contributed by atoms with Crippen LogP contribution in [0.2, 0.25) is 0 Å². The quantitative estimate of drug-likeness (QED) is 0.662. The third-order valence-electron chi connectivity index (χ3n) is 3.13. The van der Waals surface area contributed by atoms with Crippen LogP contribution in [0.4, 0.5) is 10.5 Å². The van der Waals surface area contributed by atoms with Crippen LogP contribution in [0.15, 0.2) is 53.0 Å². The molecular weight excluding hydrogens is 374 g/mol. The molecule has 0 bridgehead atoms. The Morgan fingerprint density at radius 1 is 1.04 bits per heavy atom. The average molecular weight is 392 g/mol. The lowest BCUT2D eigenvalue weighted by atomic mass is 10.2. The number of amides is 3. The van der Waals surface area contributed by atoms with E-state index in [1.54, 1.807) is 43.5 Å². The zero-order chi connectivity index (χ0) is 17.4. The van der Waals surface area contributed by atoms with Gasteiger partial charge in [-0.2, -0.15) is 0 Å². The number of anilines is 1. The van der Waals surface area contributed by atoms with E-state index in [4.69, 9.17) is 4.74 Å². The Kier molecular flexibility index (Phi) is 6.62. The normalized spacial score (nSPS) is 9.92. The zero-order valence-electron chi connectivity index (χ0n) is 13.1. The smallest absolute Gasteiger partial charge is 0.319 e. The van der Waals surface area contributed by atoms with Crippen LogP contribution < -0.4 is 20.7 Å². The number of rotatable bonds is 6. The van der Waals surface area contributed by atoms with Crippen molar-refractivity contribution in [3.8, 4) is 5.75 Å². The molecule has 0 spiro atoms. The van der Waals surface area contributed by atoms with Crippen LogP contribution in [-0.2, 0) is 0 Å². The number of hydrogen-bond donors (Lipinski definition) is 3. The summed E-state index contributed by atoms with van der Waals surface area (Å²) in [4.78, 5) is 23.7. The maximum atomic E-state index is 11.9. The van der Waals surface area contributed by atoms with Gasteiger partial charge in [-0.15, -0.1) is 0 Å². The molecule has 0 unspecified atom stereocenters. The summed E-state index contributed by atoms with van der Waals surface area (Å²) in [5, 5.41) is 8.12. The van der Waals surface area contributed by atoms with Gasteiger partial charge in [0.1, 0.15) is 5.75 Å². The van der Waals surface area contributed by atoms with Gasteiger partial charge < -0.3 is 20.7 Å². The number of carbonyl (C=O) groups is 2. The standard InChI is InChI=1S/C17H18BrN3O3/c1-24-15-7-5-12(6-8-15)16(22)19-9-10-20-17(23)21-14-4-2-3-13(18)11-14/h2-8,11H,9-10H2,1H3,(H,19,22)(H2,20,21,23). The fourth-order valence-corrected chi connectivity index (χ4v) is 2.34. The van der Waals surface area contributed by atoms with Gasteiger partial charge in [-0.3, -0.25) is 4.79 Å². The van der Waals surface area contributed by atoms with Crippen molar-refractivity contribution in [1.29, 1.82) is 0 Å². The van der Waals surface area contributed by atoms with E-state index < -0.39 is 0 Å². The number of methoxy groups -OCH3 is 1. The molecule has 0 atom stereocenters. The van der Waals surface area contributed by atoms with Crippen molar-refractivity contribution in [3.63, 3.8) is 0 Å². The van der Waals surface area contributed by atoms with Gasteiger partial charge >= 0.3 is 6.03 Å². The molecule has 0 aromatic heterocycles. The fraction of sp³-hybridized carbons (Fsp3) is 0.176. The number of urea groups is 1. The van der Waals surface area contributed by atoms with Crippen LogP contribution in [0.3, 0.4) is 0 Å². The predicted molar refractivity (Wildman–Crippen MR) is 96.5 cm³/mol. The van der Waals surface area contributed by atoms with E-state index in [0.717, 1.165) is 4.47 Å². The second-order valence-corrected chi connectivity index (χ2v) is 5.79. The van der Waals surface area contributed by atoms with E-state index in [1.165, 1.54) is 0 Å². The lowest BCUT2D eigenvalue weighted by Gasteiger charge is -2.09. The molecule has 0 fully saturated rings. The Balaban J connectivity index is 1.70. The summed E-state index contributed by atoms with van der Waals surface area (Å²) in [6.45, 7) is 0.651. The Morgan fingerprint density at radius 2 is 1.75 bits per heavy atom. The molecular formula is C17H18BrN3O3. The highest BCUT2D eigenvalue weighted by Crippen LogP contribution is 2.15. The molecule has 6 nitrogen and oxygen atoms in total. The van der Waals surface area contributed by atoms with E-state index in [2.05, 4.69) is 31.9 Å². The van der Waals surface area contributed by atoms with Crippen LogP contribution in [-0.4, -0.2) is 32.1 Å². The summed E-state index contributed by atoms with van der Waals surface area (Å²) in [6, 6.07) is 13.8. The van der Waals surface area contributed by atoms with E-state index in [9.17, 15) is 9.59 Å². The summed E-state index contributed by atoms with van der Waals surface area (Å²) in [7, 11) is 1.57. The molecule has 24 heavy (non-hydrogen) atoms. The van der Waals surface area contributed by atoms with Crippen molar-refractivity contribution < 1.29 is 14.3 Å². The second kappa shape index (κ2) is 8.93. The first-order valence-corrected chi connectivity index (χ1v) is 8.10. The van der Waals surface area contributed by atoms with Gasteiger partial charge in [-0.25, -0.2) is 4.79 Å². The van der Waals surface area contributed by atoms with Crippen LogP contribution in [0.5, 0.6) is 5.75 Å². The highest BCUT2D eigenvalue weighted by molar-refractivity contribution is 9.10. The highest BCUT2D eigenvalue weighted by Gasteiger charge is 2.05. The first-order valence-electron chi connectivity index (χ1n) is 7.31. The van der Waals surface area contributed by atoms with Crippen molar-refractivity contribution in [2.45, 2.75) is 0 Å². The molecule has 2 aromatic carbocycles. The Labute approximate surface area is 148 Å². The van der Waals surface area contributed by atoms with Gasteiger partial charge in [-0.1, -0.05) is 22.0 Å². The lowest BCUT2D eigenvalue weighted by molar-refractivity contribution is 0.0954. The summed E-state index contributed by atoms with van der Waals surface area (Å²) >= 11 is 3.34. The van der Waals surface area contributed by atoms with Crippen LogP contribution in [0.25, 0.3) is 0 Å². The minimum absolute atomic E-state index is 0.202. The lowest BCUT2D eigenvalue weighted by Crippen LogP contribution is -2.36. The zero-order valence-corrected chi connectivity index (χ0v) is 14.7. The highest BCUT2D eigenvalue weighted by atomic mass is 79.9. The Morgan fingerprint density at radius 3 is 2.42 bits per heavy atom. The van der Waals surface area contributed by atoms with Gasteiger partial charge in [0, 0.05) is 28.8 Å². The van der Waals surface area contributed by atoms with Gasteiger partial charge in [0.15, 0.2) is 0 Å². The molecule has 7 heteroatoms. The van der Waals surface area contributed by atoms with E-state index in [0.29, 0.717) is 30.1 Å². The van der Waals surface area contributed by atoms with Crippen LogP contribution in [0.1, 0.15) is 10.4 Å². The molecule has 0 aliphatic heterocycles. The van der Waals surface area contributed by atoms with Gasteiger partial charge in [0.25, 0.3) is 5.91 Å². The summed E-state index contributed by atoms with van der Waals surface area (Å²) in [5.74, 6) is 0.490. The van der Waals surface area contributed by atoms with Crippen LogP contribution in [0, 0.1) is 0 Å². The number of nitrogens with one attached hydrogen (secondary N) is 3. The summed E-state index contributed by atoms with van der Waals surface area (Å²) in [5.41, 5.74) is 1.22. The van der Waals surface area contributed by atoms with Crippen molar-refractivity contribution in [1.82, 2.24) is 10.6 Å². The molecule has 0 saturated heterocycles. The molecule has 0 saturated carbocycles. The maximum Gasteiger partial charge on any atom is 0.319 e. The molecule has 3 amide bonds. The molecule has 3 N–H and O–H groups in total. The summed E-state index contributed by atoms with van der Waals surface area (Å²) in [6.07, 6.45) is 0. The van der Waals surface area contributed by atoms with Gasteiger partial charge in [-0.05, 0) is 42.5 Å².